The molecule has 33 heavy (non-hydrogen) atoms. The number of aryl methyl sites for hydroxylation is 1. The Morgan fingerprint density at radius 3 is 2.61 bits per heavy atom. The maximum absolute atomic E-state index is 5.59. The van der Waals surface area contributed by atoms with E-state index in [-0.39, 0.29) is 0 Å². The summed E-state index contributed by atoms with van der Waals surface area (Å²) in [6.07, 6.45) is 6.45. The molecule has 2 aliphatic heterocycles. The molecule has 2 saturated heterocycles. The third kappa shape index (κ3) is 4.92. The van der Waals surface area contributed by atoms with Crippen LogP contribution in [0.4, 0.5) is 5.69 Å². The van der Waals surface area contributed by atoms with Crippen LogP contribution in [0.15, 0.2) is 60.9 Å². The monoisotopic (exact) mass is 445 g/mol. The summed E-state index contributed by atoms with van der Waals surface area (Å²) >= 11 is 0. The number of aromatic nitrogens is 2. The van der Waals surface area contributed by atoms with Crippen LogP contribution in [0.3, 0.4) is 0 Å². The topological polar surface area (TPSA) is 36.8 Å². The van der Waals surface area contributed by atoms with E-state index in [1.807, 2.05) is 29.2 Å². The minimum Gasteiger partial charge on any atom is -0.495 e. The summed E-state index contributed by atoms with van der Waals surface area (Å²) in [7, 11) is 1.76. The number of piperazine rings is 1. The minimum atomic E-state index is 0.636. The van der Waals surface area contributed by atoms with E-state index in [2.05, 4.69) is 63.1 Å². The fourth-order valence-corrected chi connectivity index (χ4v) is 5.41. The first-order chi connectivity index (χ1) is 16.2. The molecule has 1 aromatic heterocycles. The van der Waals surface area contributed by atoms with Gasteiger partial charge in [-0.05, 0) is 56.1 Å². The molecule has 3 heterocycles. The second-order valence-electron chi connectivity index (χ2n) is 9.31. The number of likely N-dealkylation sites (tertiary alicyclic amines) is 1. The molecular weight excluding hydrogens is 410 g/mol. The molecule has 0 aliphatic carbocycles. The van der Waals surface area contributed by atoms with Crippen molar-refractivity contribution in [3.63, 3.8) is 0 Å². The normalized spacial score (nSPS) is 20.2. The molecule has 0 bridgehead atoms. The third-order valence-corrected chi connectivity index (χ3v) is 7.12. The zero-order valence-corrected chi connectivity index (χ0v) is 19.9. The van der Waals surface area contributed by atoms with E-state index in [9.17, 15) is 0 Å². The van der Waals surface area contributed by atoms with Gasteiger partial charge in [0.25, 0.3) is 0 Å². The van der Waals surface area contributed by atoms with Gasteiger partial charge in [-0.25, -0.2) is 4.68 Å². The van der Waals surface area contributed by atoms with E-state index in [0.717, 1.165) is 45.0 Å². The molecule has 174 valence electrons. The molecule has 3 aromatic rings. The van der Waals surface area contributed by atoms with Crippen molar-refractivity contribution < 1.29 is 4.74 Å². The molecule has 1 atom stereocenters. The van der Waals surface area contributed by atoms with Gasteiger partial charge in [-0.1, -0.05) is 29.8 Å². The molecule has 0 radical (unpaired) electrons. The maximum atomic E-state index is 5.59. The van der Waals surface area contributed by atoms with Gasteiger partial charge in [0.2, 0.25) is 0 Å². The highest BCUT2D eigenvalue weighted by Gasteiger charge is 2.29. The van der Waals surface area contributed by atoms with Crippen molar-refractivity contribution in [2.45, 2.75) is 32.4 Å². The van der Waals surface area contributed by atoms with Crippen molar-refractivity contribution >= 4 is 5.69 Å². The van der Waals surface area contributed by atoms with E-state index in [1.165, 1.54) is 41.9 Å². The van der Waals surface area contributed by atoms with Crippen LogP contribution in [0.5, 0.6) is 5.75 Å². The molecule has 0 unspecified atom stereocenters. The minimum absolute atomic E-state index is 0.636. The van der Waals surface area contributed by atoms with Crippen molar-refractivity contribution in [3.8, 4) is 11.4 Å². The number of benzene rings is 2. The van der Waals surface area contributed by atoms with Crippen LogP contribution in [0.25, 0.3) is 5.69 Å². The molecule has 0 saturated carbocycles. The molecule has 5 rings (SSSR count). The van der Waals surface area contributed by atoms with E-state index >= 15 is 0 Å². The lowest BCUT2D eigenvalue weighted by molar-refractivity contribution is 0.0886. The summed E-state index contributed by atoms with van der Waals surface area (Å²) in [5, 5.41) is 4.48. The van der Waals surface area contributed by atoms with Gasteiger partial charge in [0.05, 0.1) is 18.5 Å². The van der Waals surface area contributed by atoms with Gasteiger partial charge in [0.15, 0.2) is 0 Å². The number of hydrogen-bond donors (Lipinski definition) is 0. The number of ether oxygens (including phenoxy) is 1. The smallest absolute Gasteiger partial charge is 0.142 e. The molecule has 0 N–H and O–H groups in total. The fourth-order valence-electron chi connectivity index (χ4n) is 5.41. The second-order valence-corrected chi connectivity index (χ2v) is 9.31. The Balaban J connectivity index is 1.22. The molecule has 6 nitrogen and oxygen atoms in total. The predicted octanol–water partition coefficient (Wildman–Crippen LogP) is 3.98. The van der Waals surface area contributed by atoms with Crippen LogP contribution in [0.1, 0.15) is 24.0 Å². The summed E-state index contributed by atoms with van der Waals surface area (Å²) in [5.41, 5.74) is 5.08. The average Bonchev–Trinajstić information content (AvgIpc) is 3.39. The predicted molar refractivity (Wildman–Crippen MR) is 133 cm³/mol. The van der Waals surface area contributed by atoms with Gasteiger partial charge in [-0.15, -0.1) is 0 Å². The number of methoxy groups -OCH3 is 1. The van der Waals surface area contributed by atoms with Gasteiger partial charge in [-0.3, -0.25) is 9.80 Å². The van der Waals surface area contributed by atoms with E-state index in [4.69, 9.17) is 4.74 Å². The van der Waals surface area contributed by atoms with Crippen LogP contribution in [-0.4, -0.2) is 72.0 Å². The van der Waals surface area contributed by atoms with Crippen LogP contribution in [0.2, 0.25) is 0 Å². The molecule has 0 spiro atoms. The van der Waals surface area contributed by atoms with Crippen LogP contribution in [0, 0.1) is 6.92 Å². The Bertz CT molecular complexity index is 1040. The molecular formula is C27H35N5O. The Labute approximate surface area is 197 Å². The van der Waals surface area contributed by atoms with Crippen molar-refractivity contribution in [2.75, 3.05) is 51.3 Å². The number of piperidine rings is 1. The van der Waals surface area contributed by atoms with Crippen molar-refractivity contribution in [3.05, 3.63) is 72.1 Å². The van der Waals surface area contributed by atoms with E-state index < -0.39 is 0 Å². The Hall–Kier alpha value is -2.83. The first-order valence-corrected chi connectivity index (χ1v) is 12.1. The fraction of sp³-hybridized carbons (Fsp3) is 0.444. The van der Waals surface area contributed by atoms with Crippen molar-refractivity contribution in [1.29, 1.82) is 0 Å². The second kappa shape index (κ2) is 9.98. The number of para-hydroxylation sites is 2. The largest absolute Gasteiger partial charge is 0.495 e. The molecule has 2 fully saturated rings. The van der Waals surface area contributed by atoms with Crippen LogP contribution < -0.4 is 9.64 Å². The van der Waals surface area contributed by atoms with Crippen LogP contribution >= 0.6 is 0 Å². The quantitative estimate of drug-likeness (QED) is 0.574. The van der Waals surface area contributed by atoms with Gasteiger partial charge in [-0.2, -0.15) is 5.10 Å². The number of hydrogen-bond acceptors (Lipinski definition) is 5. The number of nitrogens with zero attached hydrogens (tertiary/aromatic N) is 5. The summed E-state index contributed by atoms with van der Waals surface area (Å²) < 4.78 is 7.58. The van der Waals surface area contributed by atoms with E-state index in [1.54, 1.807) is 7.11 Å². The standard InChI is InChI=1S/C27H35N5O/c1-22-10-11-25(32-14-6-12-28-32)23(19-22)20-29-13-5-7-24(21-29)30-15-17-31(18-16-30)26-8-3-4-9-27(26)33-2/h3-4,6,8-12,14,19,24H,5,7,13,15-18,20-21H2,1-2H3/t24-/m0/s1. The lowest BCUT2D eigenvalue weighted by Crippen LogP contribution is -2.55. The van der Waals surface area contributed by atoms with Gasteiger partial charge in [0.1, 0.15) is 5.75 Å². The molecule has 6 heteroatoms. The Morgan fingerprint density at radius 2 is 1.82 bits per heavy atom. The summed E-state index contributed by atoms with van der Waals surface area (Å²) in [4.78, 5) is 7.82. The zero-order chi connectivity index (χ0) is 22.6. The highest BCUT2D eigenvalue weighted by molar-refractivity contribution is 5.58. The molecule has 2 aromatic carbocycles. The zero-order valence-electron chi connectivity index (χ0n) is 19.9. The SMILES string of the molecule is COc1ccccc1N1CCN([C@H]2CCCN(Cc3cc(C)ccc3-n3cccn3)C2)CC1. The molecule has 0 amide bonds. The summed E-state index contributed by atoms with van der Waals surface area (Å²) in [6.45, 7) is 9.80. The Kier molecular flexibility index (Phi) is 6.65. The lowest BCUT2D eigenvalue weighted by Gasteiger charge is -2.44. The highest BCUT2D eigenvalue weighted by atomic mass is 16.5. The third-order valence-electron chi connectivity index (χ3n) is 7.12. The number of anilines is 1. The molecule has 2 aliphatic rings. The first kappa shape index (κ1) is 22.0. The summed E-state index contributed by atoms with van der Waals surface area (Å²) in [5.74, 6) is 0.973. The van der Waals surface area contributed by atoms with Gasteiger partial charge >= 0.3 is 0 Å². The Morgan fingerprint density at radius 1 is 0.970 bits per heavy atom. The highest BCUT2D eigenvalue weighted by Crippen LogP contribution is 2.29. The maximum Gasteiger partial charge on any atom is 0.142 e. The first-order valence-electron chi connectivity index (χ1n) is 12.1. The summed E-state index contributed by atoms with van der Waals surface area (Å²) in [6, 6.07) is 17.7. The van der Waals surface area contributed by atoms with Crippen molar-refractivity contribution in [2.24, 2.45) is 0 Å². The van der Waals surface area contributed by atoms with Gasteiger partial charge < -0.3 is 9.64 Å². The number of rotatable bonds is 6. The average molecular weight is 446 g/mol. The lowest BCUT2D eigenvalue weighted by atomic mass is 10.0. The van der Waals surface area contributed by atoms with Gasteiger partial charge in [0, 0.05) is 57.7 Å². The van der Waals surface area contributed by atoms with Crippen molar-refractivity contribution in [1.82, 2.24) is 19.6 Å². The van der Waals surface area contributed by atoms with E-state index in [0.29, 0.717) is 6.04 Å². The van der Waals surface area contributed by atoms with Crippen LogP contribution in [-0.2, 0) is 6.54 Å².